The molecule has 0 radical (unpaired) electrons. The minimum Gasteiger partial charge on any atom is -0.456 e. The van der Waals surface area contributed by atoms with Gasteiger partial charge in [0.25, 0.3) is 0 Å². The van der Waals surface area contributed by atoms with Gasteiger partial charge in [-0.2, -0.15) is 0 Å². The number of para-hydroxylation sites is 5. The van der Waals surface area contributed by atoms with E-state index in [4.69, 9.17) is 14.4 Å². The van der Waals surface area contributed by atoms with Crippen molar-refractivity contribution in [1.29, 1.82) is 0 Å². The van der Waals surface area contributed by atoms with Gasteiger partial charge in [-0.3, -0.25) is 0 Å². The van der Waals surface area contributed by atoms with Crippen LogP contribution in [0.5, 0.6) is 0 Å². The van der Waals surface area contributed by atoms with E-state index in [2.05, 4.69) is 144 Å². The predicted octanol–water partition coefficient (Wildman–Crippen LogP) is 13.3. The van der Waals surface area contributed by atoms with Crippen molar-refractivity contribution in [3.05, 3.63) is 176 Å². The molecule has 11 aromatic rings. The summed E-state index contributed by atoms with van der Waals surface area (Å²) in [5.41, 5.74) is 18.1. The van der Waals surface area contributed by atoms with Gasteiger partial charge in [-0.05, 0) is 64.7 Å². The van der Waals surface area contributed by atoms with Gasteiger partial charge in [-0.25, -0.2) is 9.97 Å². The lowest BCUT2D eigenvalue weighted by molar-refractivity contribution is 0.669. The Bertz CT molecular complexity index is 3320. The van der Waals surface area contributed by atoms with E-state index in [1.54, 1.807) is 0 Å². The average Bonchev–Trinajstić information content (AvgIpc) is 3.75. The largest absolute Gasteiger partial charge is 0.456 e. The van der Waals surface area contributed by atoms with Gasteiger partial charge in [0.05, 0.1) is 44.5 Å². The Balaban J connectivity index is 1.08. The Morgan fingerprint density at radius 2 is 1.02 bits per heavy atom. The summed E-state index contributed by atoms with van der Waals surface area (Å²) < 4.78 is 8.99. The lowest BCUT2D eigenvalue weighted by Crippen LogP contribution is -1.97. The van der Waals surface area contributed by atoms with E-state index in [9.17, 15) is 0 Å². The van der Waals surface area contributed by atoms with Crippen LogP contribution in [0.15, 0.2) is 180 Å². The van der Waals surface area contributed by atoms with E-state index in [1.807, 2.05) is 36.4 Å². The number of furan rings is 1. The molecule has 54 heavy (non-hydrogen) atoms. The smallest absolute Gasteiger partial charge is 0.137 e. The van der Waals surface area contributed by atoms with Crippen LogP contribution in [0.4, 0.5) is 0 Å². The van der Waals surface area contributed by atoms with Gasteiger partial charge < -0.3 is 8.98 Å². The van der Waals surface area contributed by atoms with Crippen LogP contribution >= 0.6 is 0 Å². The molecule has 1 aliphatic heterocycles. The van der Waals surface area contributed by atoms with Crippen LogP contribution in [0.3, 0.4) is 0 Å². The van der Waals surface area contributed by atoms with Crippen molar-refractivity contribution in [2.75, 3.05) is 0 Å². The van der Waals surface area contributed by atoms with Crippen LogP contribution < -0.4 is 0 Å². The number of rotatable bonds is 3. The molecular weight excluding hydrogens is 659 g/mol. The SMILES string of the molecule is c1ccc(-c2nc3ccccc3nc2-c2ccc(-c3ccc4c(c3)-c3ccc5oc6ccccc6c5c3-n3c5ccccc5c5cccc-4c53)cc2)cc1. The Morgan fingerprint density at radius 3 is 1.83 bits per heavy atom. The summed E-state index contributed by atoms with van der Waals surface area (Å²) in [7, 11) is 0. The molecule has 0 unspecified atom stereocenters. The summed E-state index contributed by atoms with van der Waals surface area (Å²) in [5.74, 6) is 0. The summed E-state index contributed by atoms with van der Waals surface area (Å²) in [4.78, 5) is 10.2. The van der Waals surface area contributed by atoms with Crippen molar-refractivity contribution in [2.24, 2.45) is 0 Å². The van der Waals surface area contributed by atoms with Gasteiger partial charge in [-0.1, -0.05) is 133 Å². The Morgan fingerprint density at radius 1 is 0.389 bits per heavy atom. The van der Waals surface area contributed by atoms with Crippen molar-refractivity contribution in [1.82, 2.24) is 14.5 Å². The zero-order chi connectivity index (χ0) is 35.3. The fourth-order valence-electron chi connectivity index (χ4n) is 8.72. The average molecular weight is 688 g/mol. The molecule has 4 heteroatoms. The second-order valence-corrected chi connectivity index (χ2v) is 14.1. The highest BCUT2D eigenvalue weighted by Crippen LogP contribution is 2.50. The van der Waals surface area contributed by atoms with Gasteiger partial charge in [-0.15, -0.1) is 0 Å². The number of hydrogen-bond donors (Lipinski definition) is 0. The monoisotopic (exact) mass is 687 g/mol. The summed E-state index contributed by atoms with van der Waals surface area (Å²) >= 11 is 0. The summed E-state index contributed by atoms with van der Waals surface area (Å²) in [6.45, 7) is 0. The molecule has 3 aromatic heterocycles. The number of nitrogens with zero attached hydrogens (tertiary/aromatic N) is 3. The fourth-order valence-corrected chi connectivity index (χ4v) is 8.72. The minimum atomic E-state index is 0.876. The molecule has 0 N–H and O–H groups in total. The van der Waals surface area contributed by atoms with E-state index >= 15 is 0 Å². The first-order valence-electron chi connectivity index (χ1n) is 18.3. The first-order chi connectivity index (χ1) is 26.8. The minimum absolute atomic E-state index is 0.876. The van der Waals surface area contributed by atoms with Gasteiger partial charge in [0.2, 0.25) is 0 Å². The number of aromatic nitrogens is 3. The Labute approximate surface area is 310 Å². The lowest BCUT2D eigenvalue weighted by Gasteiger charge is -2.15. The molecule has 0 saturated carbocycles. The third kappa shape index (κ3) is 4.13. The normalized spacial score (nSPS) is 12.1. The summed E-state index contributed by atoms with van der Waals surface area (Å²) in [5, 5.41) is 4.75. The Hall–Kier alpha value is -7.30. The third-order valence-corrected chi connectivity index (χ3v) is 11.1. The maximum absolute atomic E-state index is 6.50. The lowest BCUT2D eigenvalue weighted by atomic mass is 9.89. The molecule has 12 rings (SSSR count). The molecule has 0 spiro atoms. The molecule has 0 fully saturated rings. The second-order valence-electron chi connectivity index (χ2n) is 14.1. The van der Waals surface area contributed by atoms with Crippen LogP contribution in [-0.2, 0) is 0 Å². The van der Waals surface area contributed by atoms with E-state index in [-0.39, 0.29) is 0 Å². The van der Waals surface area contributed by atoms with E-state index in [1.165, 1.54) is 44.1 Å². The zero-order valence-electron chi connectivity index (χ0n) is 29.0. The van der Waals surface area contributed by atoms with Gasteiger partial charge in [0.15, 0.2) is 0 Å². The van der Waals surface area contributed by atoms with E-state index < -0.39 is 0 Å². The van der Waals surface area contributed by atoms with Gasteiger partial charge in [0, 0.05) is 38.4 Å². The number of benzene rings is 8. The van der Waals surface area contributed by atoms with Crippen LogP contribution in [0.25, 0.3) is 116 Å². The van der Waals surface area contributed by atoms with E-state index in [0.717, 1.165) is 72.3 Å². The molecule has 0 aliphatic carbocycles. The van der Waals surface area contributed by atoms with Crippen molar-refractivity contribution in [3.63, 3.8) is 0 Å². The summed E-state index contributed by atoms with van der Waals surface area (Å²) in [6.07, 6.45) is 0. The fraction of sp³-hybridized carbons (Fsp3) is 0. The van der Waals surface area contributed by atoms with Crippen molar-refractivity contribution >= 4 is 54.8 Å². The third-order valence-electron chi connectivity index (χ3n) is 11.1. The Kier molecular flexibility index (Phi) is 6.02. The molecule has 1 aliphatic rings. The van der Waals surface area contributed by atoms with Crippen LogP contribution in [0.2, 0.25) is 0 Å². The van der Waals surface area contributed by atoms with Crippen LogP contribution in [0, 0.1) is 0 Å². The van der Waals surface area contributed by atoms with Gasteiger partial charge >= 0.3 is 0 Å². The van der Waals surface area contributed by atoms with Crippen LogP contribution in [-0.4, -0.2) is 14.5 Å². The number of fused-ring (bicyclic) bond motifs is 13. The molecule has 0 amide bonds. The highest BCUT2D eigenvalue weighted by molar-refractivity contribution is 6.21. The molecule has 0 saturated heterocycles. The molecule has 8 aromatic carbocycles. The zero-order valence-corrected chi connectivity index (χ0v) is 29.0. The van der Waals surface area contributed by atoms with Crippen molar-refractivity contribution in [2.45, 2.75) is 0 Å². The second kappa shape index (κ2) is 11.1. The molecular formula is C50H29N3O. The van der Waals surface area contributed by atoms with Crippen molar-refractivity contribution < 1.29 is 4.42 Å². The van der Waals surface area contributed by atoms with Crippen LogP contribution in [0.1, 0.15) is 0 Å². The topological polar surface area (TPSA) is 43.9 Å². The molecule has 4 nitrogen and oxygen atoms in total. The highest BCUT2D eigenvalue weighted by Gasteiger charge is 2.28. The first kappa shape index (κ1) is 29.3. The molecule has 0 atom stereocenters. The first-order valence-corrected chi connectivity index (χ1v) is 18.3. The van der Waals surface area contributed by atoms with E-state index in [0.29, 0.717) is 0 Å². The molecule has 0 bridgehead atoms. The molecule has 4 heterocycles. The quantitative estimate of drug-likeness (QED) is 0.186. The maximum atomic E-state index is 6.50. The predicted molar refractivity (Wildman–Crippen MR) is 222 cm³/mol. The van der Waals surface area contributed by atoms with Gasteiger partial charge in [0.1, 0.15) is 11.2 Å². The molecule has 250 valence electrons. The maximum Gasteiger partial charge on any atom is 0.137 e. The summed E-state index contributed by atoms with van der Waals surface area (Å²) in [6, 6.07) is 62.5. The highest BCUT2D eigenvalue weighted by atomic mass is 16.3. The van der Waals surface area contributed by atoms with Crippen molar-refractivity contribution in [3.8, 4) is 61.6 Å². The number of hydrogen-bond acceptors (Lipinski definition) is 3. The standard InChI is InChI=1S/C50H29N3O/c1-2-11-31(12-3-1)47-48(52-42-18-7-6-17-41(42)51-47)32-23-21-30(22-24-32)33-25-26-34-36-15-10-16-37-35-13-4-8-19-43(35)53(49(36)37)50-38(40(34)29-33)27-28-45-46(50)39-14-5-9-20-44(39)54-45/h1-29H.